The van der Waals surface area contributed by atoms with E-state index in [-0.39, 0.29) is 21.5 Å². The van der Waals surface area contributed by atoms with Crippen molar-refractivity contribution in [1.29, 1.82) is 5.41 Å². The zero-order chi connectivity index (χ0) is 21.1. The SMILES string of the molecule is CC(C)(C)CC(C=C1CCOc2ccc(NC(=O)C(F)(F)F)cc21)SC(=N)N. The normalized spacial score (nSPS) is 16.9. The minimum atomic E-state index is -4.96. The fraction of sp³-hybridized carbons (Fsp3) is 0.474. The molecule has 4 N–H and O–H groups in total. The Morgan fingerprint density at radius 2 is 2.07 bits per heavy atom. The van der Waals surface area contributed by atoms with Crippen LogP contribution in [0.5, 0.6) is 5.75 Å². The number of nitrogens with one attached hydrogen (secondary N) is 2. The number of amidine groups is 1. The van der Waals surface area contributed by atoms with Crippen molar-refractivity contribution in [2.24, 2.45) is 11.1 Å². The minimum Gasteiger partial charge on any atom is -0.493 e. The van der Waals surface area contributed by atoms with Crippen LogP contribution in [0.3, 0.4) is 0 Å². The molecule has 154 valence electrons. The standard InChI is InChI=1S/C19H24F3N3O2S/c1-18(2,3)10-13(28-17(23)24)8-11-6-7-27-15-5-4-12(9-14(11)15)25-16(26)19(20,21)22/h4-5,8-9,13H,6-7,10H2,1-3H3,(H3,23,24)(H,25,26). The Morgan fingerprint density at radius 3 is 2.64 bits per heavy atom. The van der Waals surface area contributed by atoms with Gasteiger partial charge in [0.15, 0.2) is 5.17 Å². The molecule has 1 atom stereocenters. The summed E-state index contributed by atoms with van der Waals surface area (Å²) < 4.78 is 43.2. The maximum atomic E-state index is 12.5. The summed E-state index contributed by atoms with van der Waals surface area (Å²) in [5.74, 6) is -1.47. The quantitative estimate of drug-likeness (QED) is 0.488. The molecule has 5 nitrogen and oxygen atoms in total. The number of ether oxygens (including phenoxy) is 1. The number of fused-ring (bicyclic) bond motifs is 1. The number of nitrogens with two attached hydrogens (primary N) is 1. The molecule has 1 aromatic rings. The predicted octanol–water partition coefficient (Wildman–Crippen LogP) is 4.78. The van der Waals surface area contributed by atoms with Crippen LogP contribution in [0.25, 0.3) is 5.57 Å². The molecule has 1 aliphatic heterocycles. The summed E-state index contributed by atoms with van der Waals surface area (Å²) in [6.45, 7) is 6.70. The summed E-state index contributed by atoms with van der Waals surface area (Å²) in [7, 11) is 0. The smallest absolute Gasteiger partial charge is 0.471 e. The number of alkyl halides is 3. The lowest BCUT2D eigenvalue weighted by atomic mass is 9.88. The fourth-order valence-electron chi connectivity index (χ4n) is 2.89. The summed E-state index contributed by atoms with van der Waals surface area (Å²) >= 11 is 1.24. The van der Waals surface area contributed by atoms with E-state index in [2.05, 4.69) is 20.8 Å². The van der Waals surface area contributed by atoms with E-state index in [0.29, 0.717) is 24.3 Å². The first-order valence-electron chi connectivity index (χ1n) is 8.72. The number of hydrogen-bond donors (Lipinski definition) is 3. The molecule has 0 radical (unpaired) electrons. The summed E-state index contributed by atoms with van der Waals surface area (Å²) in [4.78, 5) is 11.2. The minimum absolute atomic E-state index is 0.000699. The zero-order valence-corrected chi connectivity index (χ0v) is 16.8. The van der Waals surface area contributed by atoms with Crippen LogP contribution in [-0.2, 0) is 4.79 Å². The van der Waals surface area contributed by atoms with Gasteiger partial charge in [-0.3, -0.25) is 10.2 Å². The van der Waals surface area contributed by atoms with Crippen LogP contribution in [0.4, 0.5) is 18.9 Å². The van der Waals surface area contributed by atoms with Crippen molar-refractivity contribution in [2.75, 3.05) is 11.9 Å². The first-order chi connectivity index (χ1) is 12.8. The van der Waals surface area contributed by atoms with Crippen molar-refractivity contribution < 1.29 is 22.7 Å². The second-order valence-electron chi connectivity index (χ2n) is 7.74. The van der Waals surface area contributed by atoms with Crippen LogP contribution in [0, 0.1) is 10.8 Å². The molecule has 0 saturated heterocycles. The van der Waals surface area contributed by atoms with Crippen molar-refractivity contribution in [2.45, 2.75) is 45.0 Å². The van der Waals surface area contributed by atoms with Crippen LogP contribution >= 0.6 is 11.8 Å². The lowest BCUT2D eigenvalue weighted by Gasteiger charge is -2.26. The molecule has 0 fully saturated rings. The van der Waals surface area contributed by atoms with E-state index in [0.717, 1.165) is 12.0 Å². The van der Waals surface area contributed by atoms with Gasteiger partial charge in [-0.1, -0.05) is 38.6 Å². The Hall–Kier alpha value is -2.16. The second kappa shape index (κ2) is 8.46. The second-order valence-corrected chi connectivity index (χ2v) is 9.02. The summed E-state index contributed by atoms with van der Waals surface area (Å²) in [5, 5.41) is 9.41. The molecule has 1 unspecified atom stereocenters. The fourth-order valence-corrected chi connectivity index (χ4v) is 4.03. The summed E-state index contributed by atoms with van der Waals surface area (Å²) in [6, 6.07) is 4.41. The van der Waals surface area contributed by atoms with Crippen LogP contribution < -0.4 is 15.8 Å². The molecule has 1 aliphatic rings. The number of carbonyl (C=O) groups excluding carboxylic acids is 1. The van der Waals surface area contributed by atoms with Crippen molar-refractivity contribution in [3.8, 4) is 5.75 Å². The van der Waals surface area contributed by atoms with Crippen LogP contribution in [0.1, 0.15) is 39.2 Å². The molecule has 1 amide bonds. The molecule has 2 rings (SSSR count). The third kappa shape index (κ3) is 6.47. The topological polar surface area (TPSA) is 88.2 Å². The van der Waals surface area contributed by atoms with E-state index in [9.17, 15) is 18.0 Å². The first-order valence-corrected chi connectivity index (χ1v) is 9.60. The van der Waals surface area contributed by atoms with Crippen LogP contribution in [-0.4, -0.2) is 29.1 Å². The number of hydrogen-bond acceptors (Lipinski definition) is 4. The van der Waals surface area contributed by atoms with E-state index in [4.69, 9.17) is 15.9 Å². The maximum Gasteiger partial charge on any atom is 0.471 e. The Bertz CT molecular complexity index is 786. The largest absolute Gasteiger partial charge is 0.493 e. The monoisotopic (exact) mass is 415 g/mol. The van der Waals surface area contributed by atoms with Gasteiger partial charge >= 0.3 is 12.1 Å². The Labute approximate surface area is 166 Å². The van der Waals surface area contributed by atoms with E-state index >= 15 is 0 Å². The zero-order valence-electron chi connectivity index (χ0n) is 15.9. The van der Waals surface area contributed by atoms with Gasteiger partial charge in [0.2, 0.25) is 0 Å². The van der Waals surface area contributed by atoms with Crippen molar-refractivity contribution in [3.63, 3.8) is 0 Å². The van der Waals surface area contributed by atoms with E-state index in [1.807, 2.05) is 11.4 Å². The molecular weight excluding hydrogens is 391 g/mol. The predicted molar refractivity (Wildman–Crippen MR) is 107 cm³/mol. The molecule has 1 aromatic carbocycles. The molecule has 1 heterocycles. The van der Waals surface area contributed by atoms with Crippen LogP contribution in [0.15, 0.2) is 24.3 Å². The van der Waals surface area contributed by atoms with E-state index < -0.39 is 12.1 Å². The summed E-state index contributed by atoms with van der Waals surface area (Å²) in [6.07, 6.45) is -1.63. The van der Waals surface area contributed by atoms with Gasteiger partial charge in [-0.2, -0.15) is 13.2 Å². The van der Waals surface area contributed by atoms with Gasteiger partial charge in [0.25, 0.3) is 0 Å². The van der Waals surface area contributed by atoms with Gasteiger partial charge in [-0.15, -0.1) is 0 Å². The average Bonchev–Trinajstić information content (AvgIpc) is 2.52. The number of benzene rings is 1. The number of amides is 1. The highest BCUT2D eigenvalue weighted by atomic mass is 32.2. The van der Waals surface area contributed by atoms with Crippen molar-refractivity contribution in [3.05, 3.63) is 29.8 Å². The Morgan fingerprint density at radius 1 is 1.39 bits per heavy atom. The lowest BCUT2D eigenvalue weighted by molar-refractivity contribution is -0.167. The summed E-state index contributed by atoms with van der Waals surface area (Å²) in [5.41, 5.74) is 7.15. The Kier molecular flexibility index (Phi) is 6.69. The maximum absolute atomic E-state index is 12.5. The lowest BCUT2D eigenvalue weighted by Crippen LogP contribution is -2.30. The van der Waals surface area contributed by atoms with Gasteiger partial charge in [0.05, 0.1) is 6.61 Å². The number of halogens is 3. The van der Waals surface area contributed by atoms with Gasteiger partial charge in [0, 0.05) is 22.9 Å². The van der Waals surface area contributed by atoms with Crippen molar-refractivity contribution >= 4 is 34.1 Å². The van der Waals surface area contributed by atoms with Gasteiger partial charge in [-0.25, -0.2) is 0 Å². The molecule has 9 heteroatoms. The van der Waals surface area contributed by atoms with Crippen LogP contribution in [0.2, 0.25) is 0 Å². The highest BCUT2D eigenvalue weighted by Gasteiger charge is 2.38. The third-order valence-electron chi connectivity index (χ3n) is 3.95. The van der Waals surface area contributed by atoms with Gasteiger partial charge in [0.1, 0.15) is 5.75 Å². The molecule has 0 aromatic heterocycles. The number of thioether (sulfide) groups is 1. The molecular formula is C19H24F3N3O2S. The van der Waals surface area contributed by atoms with E-state index in [1.165, 1.54) is 23.9 Å². The Balaban J connectivity index is 2.35. The van der Waals surface area contributed by atoms with Crippen molar-refractivity contribution in [1.82, 2.24) is 0 Å². The molecule has 0 spiro atoms. The molecule has 28 heavy (non-hydrogen) atoms. The highest BCUT2D eigenvalue weighted by Crippen LogP contribution is 2.38. The van der Waals surface area contributed by atoms with Gasteiger partial charge < -0.3 is 15.8 Å². The van der Waals surface area contributed by atoms with E-state index in [1.54, 1.807) is 6.07 Å². The first kappa shape index (κ1) is 22.1. The number of rotatable bonds is 4. The average molecular weight is 415 g/mol. The molecule has 0 bridgehead atoms. The number of carbonyl (C=O) groups is 1. The van der Waals surface area contributed by atoms with Gasteiger partial charge in [-0.05, 0) is 35.6 Å². The third-order valence-corrected chi connectivity index (χ3v) is 4.81. The number of anilines is 1. The molecule has 0 aliphatic carbocycles. The molecule has 0 saturated carbocycles. The highest BCUT2D eigenvalue weighted by molar-refractivity contribution is 8.14.